The van der Waals surface area contributed by atoms with Crippen LogP contribution < -0.4 is 21.2 Å². The van der Waals surface area contributed by atoms with Crippen LogP contribution >= 0.6 is 0 Å². The van der Waals surface area contributed by atoms with Gasteiger partial charge in [0.2, 0.25) is 5.91 Å². The Morgan fingerprint density at radius 3 is 2.86 bits per heavy atom. The molecular formula is C35H41FN6O2. The summed E-state index contributed by atoms with van der Waals surface area (Å²) >= 11 is 0. The number of aromatic nitrogens is 3. The Morgan fingerprint density at radius 2 is 2.02 bits per heavy atom. The van der Waals surface area contributed by atoms with Gasteiger partial charge in [0, 0.05) is 42.3 Å². The van der Waals surface area contributed by atoms with Crippen molar-refractivity contribution in [3.05, 3.63) is 70.4 Å². The molecule has 4 aliphatic rings. The Morgan fingerprint density at radius 1 is 1.16 bits per heavy atom. The third-order valence-electron chi connectivity index (χ3n) is 9.85. The first-order chi connectivity index (χ1) is 21.2. The standard InChI is InChI=1S/C35H41FN6O2/c1-4-30(43)41-13-7-9-24(41)20-44-33-32(38-21-39-34(33)37)23-11-12-25-22(16-23)8-5-6-10-27(25)40-14-15-42-28-18-35(2,3)17-26(28)31(36)29(42)19-40/h4,11-12,16,18-19,21,24,27H,1,5-10,13-15,17,20H2,2-3H3,(H2,37,38,39)/t24-,27?/m0/s1. The average molecular weight is 597 g/mol. The molecule has 1 fully saturated rings. The fourth-order valence-electron chi connectivity index (χ4n) is 7.72. The van der Waals surface area contributed by atoms with Gasteiger partial charge in [-0.25, -0.2) is 14.4 Å². The van der Waals surface area contributed by atoms with E-state index in [1.165, 1.54) is 23.5 Å². The number of carbonyl (C=O) groups is 1. The van der Waals surface area contributed by atoms with Gasteiger partial charge in [-0.3, -0.25) is 4.79 Å². The molecule has 2 aliphatic heterocycles. The van der Waals surface area contributed by atoms with Gasteiger partial charge in [-0.2, -0.15) is 0 Å². The number of amides is 1. The van der Waals surface area contributed by atoms with Crippen molar-refractivity contribution >= 4 is 24.0 Å². The Kier molecular flexibility index (Phi) is 7.22. The van der Waals surface area contributed by atoms with Crippen LogP contribution in [0.3, 0.4) is 0 Å². The number of aryl methyl sites for hydroxylation is 1. The Hall–Kier alpha value is -4.14. The molecule has 1 saturated heterocycles. The van der Waals surface area contributed by atoms with Crippen LogP contribution in [0, 0.1) is 11.2 Å². The van der Waals surface area contributed by atoms with Crippen LogP contribution in [0.15, 0.2) is 37.2 Å². The van der Waals surface area contributed by atoms with Gasteiger partial charge < -0.3 is 24.8 Å². The van der Waals surface area contributed by atoms with E-state index < -0.39 is 0 Å². The van der Waals surface area contributed by atoms with E-state index in [1.807, 2.05) is 4.90 Å². The van der Waals surface area contributed by atoms with Crippen molar-refractivity contribution in [1.82, 2.24) is 24.3 Å². The summed E-state index contributed by atoms with van der Waals surface area (Å²) in [5.41, 5.74) is 11.3. The molecule has 0 bridgehead atoms. The number of ether oxygens (including phenoxy) is 1. The van der Waals surface area contributed by atoms with Crippen molar-refractivity contribution in [3.63, 3.8) is 0 Å². The van der Waals surface area contributed by atoms with Crippen LogP contribution in [0.4, 0.5) is 10.2 Å². The first kappa shape index (κ1) is 28.6. The van der Waals surface area contributed by atoms with Crippen LogP contribution in [0.5, 0.6) is 5.75 Å². The maximum Gasteiger partial charge on any atom is 0.246 e. The quantitative estimate of drug-likeness (QED) is 0.341. The summed E-state index contributed by atoms with van der Waals surface area (Å²) in [4.78, 5) is 25.3. The summed E-state index contributed by atoms with van der Waals surface area (Å²) in [5, 5.41) is 1.78. The van der Waals surface area contributed by atoms with Gasteiger partial charge in [-0.15, -0.1) is 0 Å². The van der Waals surface area contributed by atoms with Crippen LogP contribution in [0.25, 0.3) is 23.5 Å². The average Bonchev–Trinajstić information content (AvgIpc) is 3.63. The number of nitrogens with two attached hydrogens (primary N) is 1. The number of nitrogen functional groups attached to an aromatic ring is 1. The second-order valence-electron chi connectivity index (χ2n) is 13.3. The highest BCUT2D eigenvalue weighted by molar-refractivity contribution is 5.87. The van der Waals surface area contributed by atoms with Crippen molar-refractivity contribution in [2.45, 2.75) is 77.4 Å². The molecular weight excluding hydrogens is 555 g/mol. The van der Waals surface area contributed by atoms with Gasteiger partial charge in [0.15, 0.2) is 17.4 Å². The molecule has 0 saturated carbocycles. The lowest BCUT2D eigenvalue weighted by Gasteiger charge is -2.34. The van der Waals surface area contributed by atoms with E-state index in [-0.39, 0.29) is 35.0 Å². The van der Waals surface area contributed by atoms with Gasteiger partial charge >= 0.3 is 0 Å². The molecule has 230 valence electrons. The number of fused-ring (bicyclic) bond motifs is 4. The number of halogens is 1. The van der Waals surface area contributed by atoms with Crippen molar-refractivity contribution in [2.75, 3.05) is 25.4 Å². The largest absolute Gasteiger partial charge is 0.485 e. The number of anilines is 1. The lowest BCUT2D eigenvalue weighted by Crippen LogP contribution is -2.41. The lowest BCUT2D eigenvalue weighted by molar-refractivity contribution is -0.127. The first-order valence-corrected chi connectivity index (χ1v) is 15.9. The molecule has 1 unspecified atom stereocenters. The topological polar surface area (TPSA) is 89.5 Å². The Labute approximate surface area is 257 Å². The fraction of sp³-hybridized carbons (Fsp3) is 0.457. The number of carbonyl (C=O) groups excluding carboxylic acids is 1. The van der Waals surface area contributed by atoms with Crippen molar-refractivity contribution in [3.8, 4) is 17.0 Å². The number of likely N-dealkylation sites (tertiary alicyclic amines) is 1. The first-order valence-electron chi connectivity index (χ1n) is 15.9. The molecule has 2 aromatic heterocycles. The molecule has 1 amide bonds. The van der Waals surface area contributed by atoms with E-state index in [9.17, 15) is 4.79 Å². The predicted molar refractivity (Wildman–Crippen MR) is 169 cm³/mol. The zero-order valence-corrected chi connectivity index (χ0v) is 25.7. The van der Waals surface area contributed by atoms with Crippen molar-refractivity contribution < 1.29 is 13.9 Å². The van der Waals surface area contributed by atoms with Crippen LogP contribution in [-0.4, -0.2) is 56.0 Å². The number of benzene rings is 1. The van der Waals surface area contributed by atoms with Gasteiger partial charge in [-0.05, 0) is 67.2 Å². The van der Waals surface area contributed by atoms with Crippen LogP contribution in [0.1, 0.15) is 68.7 Å². The minimum Gasteiger partial charge on any atom is -0.485 e. The minimum atomic E-state index is -0.0813. The number of nitrogens with zero attached hydrogens (tertiary/aromatic N) is 5. The number of rotatable bonds is 6. The van der Waals surface area contributed by atoms with Gasteiger partial charge in [0.1, 0.15) is 18.6 Å². The molecule has 1 aromatic carbocycles. The highest BCUT2D eigenvalue weighted by atomic mass is 19.1. The molecule has 9 heteroatoms. The summed E-state index contributed by atoms with van der Waals surface area (Å²) in [5.74, 6) is 0.591. The maximum absolute atomic E-state index is 15.7. The van der Waals surface area contributed by atoms with E-state index in [0.29, 0.717) is 29.9 Å². The van der Waals surface area contributed by atoms with Gasteiger partial charge in [0.25, 0.3) is 0 Å². The highest BCUT2D eigenvalue weighted by Gasteiger charge is 2.32. The van der Waals surface area contributed by atoms with Crippen molar-refractivity contribution in [1.29, 1.82) is 0 Å². The molecule has 0 spiro atoms. The van der Waals surface area contributed by atoms with Gasteiger partial charge in [-0.1, -0.05) is 45.1 Å². The Bertz CT molecular complexity index is 1760. The fourth-order valence-corrected chi connectivity index (χ4v) is 7.72. The molecule has 44 heavy (non-hydrogen) atoms. The molecule has 2 aliphatic carbocycles. The second-order valence-corrected chi connectivity index (χ2v) is 13.3. The molecule has 2 atom stereocenters. The molecule has 2 N–H and O–H groups in total. The molecule has 8 nitrogen and oxygen atoms in total. The summed E-state index contributed by atoms with van der Waals surface area (Å²) in [6, 6.07) is 6.65. The zero-order chi connectivity index (χ0) is 30.6. The molecule has 0 radical (unpaired) electrons. The van der Waals surface area contributed by atoms with E-state index in [2.05, 4.69) is 70.3 Å². The summed E-state index contributed by atoms with van der Waals surface area (Å²) in [7, 11) is 0. The SMILES string of the molecule is C=CC(=O)N1CCC[C@H]1COc1c(N)ncnc1-c1ccc2c(c1)CCCCC2N1C=c2c(F)c3c(n2CC1)=CC(C)(C)C3. The van der Waals surface area contributed by atoms with Crippen LogP contribution in [-0.2, 0) is 24.2 Å². The monoisotopic (exact) mass is 596 g/mol. The summed E-state index contributed by atoms with van der Waals surface area (Å²) in [6.45, 7) is 10.6. The second kappa shape index (κ2) is 11.1. The van der Waals surface area contributed by atoms with E-state index in [0.717, 1.165) is 74.5 Å². The third-order valence-corrected chi connectivity index (χ3v) is 9.85. The Balaban J connectivity index is 1.18. The summed E-state index contributed by atoms with van der Waals surface area (Å²) < 4.78 is 24.1. The highest BCUT2D eigenvalue weighted by Crippen LogP contribution is 2.39. The van der Waals surface area contributed by atoms with Crippen molar-refractivity contribution in [2.24, 2.45) is 5.41 Å². The molecule has 7 rings (SSSR count). The normalized spacial score (nSPS) is 21.9. The predicted octanol–water partition coefficient (Wildman–Crippen LogP) is 4.11. The summed E-state index contributed by atoms with van der Waals surface area (Å²) in [6.07, 6.45) is 13.9. The van der Waals surface area contributed by atoms with E-state index in [4.69, 9.17) is 10.5 Å². The smallest absolute Gasteiger partial charge is 0.246 e. The van der Waals surface area contributed by atoms with E-state index in [1.54, 1.807) is 0 Å². The molecule has 4 heterocycles. The van der Waals surface area contributed by atoms with Gasteiger partial charge in [0.05, 0.1) is 17.4 Å². The maximum atomic E-state index is 15.7. The lowest BCUT2D eigenvalue weighted by atomic mass is 9.91. The van der Waals surface area contributed by atoms with Crippen LogP contribution in [0.2, 0.25) is 0 Å². The third kappa shape index (κ3) is 4.96. The molecule has 3 aromatic rings. The minimum absolute atomic E-state index is 0.00323. The van der Waals surface area contributed by atoms with E-state index >= 15 is 4.39 Å². The number of hydrogen-bond donors (Lipinski definition) is 1. The number of hydrogen-bond acceptors (Lipinski definition) is 6. The zero-order valence-electron chi connectivity index (χ0n) is 25.7.